The van der Waals surface area contributed by atoms with E-state index in [9.17, 15) is 9.59 Å². The van der Waals surface area contributed by atoms with Crippen molar-refractivity contribution in [1.82, 2.24) is 10.6 Å². The van der Waals surface area contributed by atoms with Crippen LogP contribution in [0.4, 0.5) is 4.79 Å². The van der Waals surface area contributed by atoms with Gasteiger partial charge < -0.3 is 15.7 Å². The third kappa shape index (κ3) is 4.63. The molecule has 1 aliphatic carbocycles. The summed E-state index contributed by atoms with van der Waals surface area (Å²) in [6, 6.07) is 6.89. The van der Waals surface area contributed by atoms with Gasteiger partial charge in [-0.2, -0.15) is 0 Å². The van der Waals surface area contributed by atoms with Crippen LogP contribution in [0.5, 0.6) is 0 Å². The van der Waals surface area contributed by atoms with Crippen LogP contribution < -0.4 is 10.6 Å². The lowest BCUT2D eigenvalue weighted by atomic mass is 10.0. The molecule has 0 aliphatic heterocycles. The molecule has 1 saturated carbocycles. The molecule has 0 spiro atoms. The molecule has 1 aliphatic rings. The molecule has 6 heteroatoms. The Morgan fingerprint density at radius 1 is 1.24 bits per heavy atom. The molecule has 114 valence electrons. The smallest absolute Gasteiger partial charge is 0.315 e. The first-order valence-corrected chi connectivity index (χ1v) is 7.45. The van der Waals surface area contributed by atoms with Crippen molar-refractivity contribution >= 4 is 23.6 Å². The Labute approximate surface area is 128 Å². The van der Waals surface area contributed by atoms with E-state index in [1.807, 2.05) is 24.3 Å². The minimum Gasteiger partial charge on any atom is -0.481 e. The quantitative estimate of drug-likeness (QED) is 0.781. The van der Waals surface area contributed by atoms with E-state index < -0.39 is 11.9 Å². The van der Waals surface area contributed by atoms with Crippen molar-refractivity contribution in [3.05, 3.63) is 34.9 Å². The van der Waals surface area contributed by atoms with Crippen LogP contribution in [0.2, 0.25) is 5.02 Å². The molecular formula is C15H19ClN2O3. The Bertz CT molecular complexity index is 504. The number of hydrogen-bond acceptors (Lipinski definition) is 2. The third-order valence-corrected chi connectivity index (χ3v) is 4.01. The van der Waals surface area contributed by atoms with E-state index in [2.05, 4.69) is 10.6 Å². The molecule has 1 fully saturated rings. The van der Waals surface area contributed by atoms with Gasteiger partial charge in [0.25, 0.3) is 0 Å². The zero-order chi connectivity index (χ0) is 15.2. The lowest BCUT2D eigenvalue weighted by Crippen LogP contribution is -2.45. The highest BCUT2D eigenvalue weighted by atomic mass is 35.5. The van der Waals surface area contributed by atoms with Crippen molar-refractivity contribution < 1.29 is 14.7 Å². The second-order valence-electron chi connectivity index (χ2n) is 5.26. The van der Waals surface area contributed by atoms with E-state index in [4.69, 9.17) is 16.7 Å². The zero-order valence-electron chi connectivity index (χ0n) is 11.6. The molecule has 2 unspecified atom stereocenters. The predicted octanol–water partition coefficient (Wildman–Crippen LogP) is 2.44. The highest BCUT2D eigenvalue weighted by molar-refractivity contribution is 6.30. The highest BCUT2D eigenvalue weighted by Gasteiger charge is 2.33. The monoisotopic (exact) mass is 310 g/mol. The Morgan fingerprint density at radius 2 is 1.95 bits per heavy atom. The second-order valence-corrected chi connectivity index (χ2v) is 5.70. The van der Waals surface area contributed by atoms with Crippen molar-refractivity contribution in [2.45, 2.75) is 31.7 Å². The van der Waals surface area contributed by atoms with Crippen LogP contribution in [0.3, 0.4) is 0 Å². The van der Waals surface area contributed by atoms with Crippen molar-refractivity contribution in [3.63, 3.8) is 0 Å². The summed E-state index contributed by atoms with van der Waals surface area (Å²) in [5.41, 5.74) is 1.09. The summed E-state index contributed by atoms with van der Waals surface area (Å²) in [6.45, 7) is 0.498. The van der Waals surface area contributed by atoms with Crippen LogP contribution in [0.15, 0.2) is 24.3 Å². The van der Waals surface area contributed by atoms with E-state index in [1.165, 1.54) is 0 Å². The van der Waals surface area contributed by atoms with Gasteiger partial charge in [-0.15, -0.1) is 0 Å². The topological polar surface area (TPSA) is 78.4 Å². The standard InChI is InChI=1S/C15H19ClN2O3/c16-11-6-4-10(5-7-11)8-9-17-15(21)18-13-3-1-2-12(13)14(19)20/h4-7,12-13H,1-3,8-9H2,(H,19,20)(H2,17,18,21). The van der Waals surface area contributed by atoms with E-state index in [0.717, 1.165) is 18.4 Å². The van der Waals surface area contributed by atoms with E-state index >= 15 is 0 Å². The summed E-state index contributed by atoms with van der Waals surface area (Å²) in [7, 11) is 0. The van der Waals surface area contributed by atoms with Crippen LogP contribution in [-0.4, -0.2) is 29.7 Å². The number of rotatable bonds is 5. The molecule has 0 bridgehead atoms. The molecule has 1 aromatic carbocycles. The van der Waals surface area contributed by atoms with Gasteiger partial charge in [-0.25, -0.2) is 4.79 Å². The van der Waals surface area contributed by atoms with Gasteiger partial charge in [0.05, 0.1) is 5.92 Å². The summed E-state index contributed by atoms with van der Waals surface area (Å²) >= 11 is 5.80. The number of amides is 2. The van der Waals surface area contributed by atoms with Gasteiger partial charge in [-0.05, 0) is 37.0 Å². The molecule has 21 heavy (non-hydrogen) atoms. The predicted molar refractivity (Wildman–Crippen MR) is 80.5 cm³/mol. The maximum atomic E-state index is 11.8. The SMILES string of the molecule is O=C(NCCc1ccc(Cl)cc1)NC1CCCC1C(=O)O. The lowest BCUT2D eigenvalue weighted by Gasteiger charge is -2.18. The number of hydrogen-bond donors (Lipinski definition) is 3. The minimum absolute atomic E-state index is 0.266. The van der Waals surface area contributed by atoms with Crippen molar-refractivity contribution in [3.8, 4) is 0 Å². The molecule has 2 atom stereocenters. The van der Waals surface area contributed by atoms with Gasteiger partial charge in [0.1, 0.15) is 0 Å². The molecule has 0 saturated heterocycles. The molecule has 0 radical (unpaired) electrons. The molecule has 5 nitrogen and oxygen atoms in total. The average Bonchev–Trinajstić information content (AvgIpc) is 2.89. The molecule has 0 heterocycles. The summed E-state index contributed by atoms with van der Waals surface area (Å²) in [6.07, 6.45) is 2.90. The van der Waals surface area contributed by atoms with Crippen molar-refractivity contribution in [2.75, 3.05) is 6.54 Å². The highest BCUT2D eigenvalue weighted by Crippen LogP contribution is 2.25. The lowest BCUT2D eigenvalue weighted by molar-refractivity contribution is -0.142. The van der Waals surface area contributed by atoms with Gasteiger partial charge in [0.2, 0.25) is 0 Å². The first kappa shape index (κ1) is 15.6. The van der Waals surface area contributed by atoms with Gasteiger partial charge in [0, 0.05) is 17.6 Å². The summed E-state index contributed by atoms with van der Waals surface area (Å²) < 4.78 is 0. The van der Waals surface area contributed by atoms with Crippen LogP contribution in [-0.2, 0) is 11.2 Å². The first-order chi connectivity index (χ1) is 10.1. The van der Waals surface area contributed by atoms with Crippen LogP contribution in [0.25, 0.3) is 0 Å². The van der Waals surface area contributed by atoms with Gasteiger partial charge >= 0.3 is 12.0 Å². The average molecular weight is 311 g/mol. The number of carboxylic acids is 1. The maximum absolute atomic E-state index is 11.8. The number of urea groups is 1. The number of carboxylic acid groups (broad SMARTS) is 1. The largest absolute Gasteiger partial charge is 0.481 e. The third-order valence-electron chi connectivity index (χ3n) is 3.76. The summed E-state index contributed by atoms with van der Waals surface area (Å²) in [4.78, 5) is 22.8. The molecule has 0 aromatic heterocycles. The number of aliphatic carboxylic acids is 1. The fourth-order valence-electron chi connectivity index (χ4n) is 2.62. The Morgan fingerprint density at radius 3 is 2.62 bits per heavy atom. The molecule has 1 aromatic rings. The Balaban J connectivity index is 1.72. The Hall–Kier alpha value is -1.75. The number of halogens is 1. The van der Waals surface area contributed by atoms with Crippen molar-refractivity contribution in [1.29, 1.82) is 0 Å². The Kier molecular flexibility index (Phi) is 5.44. The number of nitrogens with one attached hydrogen (secondary N) is 2. The molecule has 3 N–H and O–H groups in total. The van der Waals surface area contributed by atoms with Gasteiger partial charge in [-0.3, -0.25) is 4.79 Å². The van der Waals surface area contributed by atoms with Crippen molar-refractivity contribution in [2.24, 2.45) is 5.92 Å². The van der Waals surface area contributed by atoms with Crippen LogP contribution in [0.1, 0.15) is 24.8 Å². The summed E-state index contributed by atoms with van der Waals surface area (Å²) in [5.74, 6) is -1.30. The summed E-state index contributed by atoms with van der Waals surface area (Å²) in [5, 5.41) is 15.3. The first-order valence-electron chi connectivity index (χ1n) is 7.08. The molecular weight excluding hydrogens is 292 g/mol. The van der Waals surface area contributed by atoms with Crippen LogP contribution >= 0.6 is 11.6 Å². The minimum atomic E-state index is -0.834. The van der Waals surface area contributed by atoms with E-state index in [-0.39, 0.29) is 12.1 Å². The van der Waals surface area contributed by atoms with Crippen LogP contribution in [0, 0.1) is 5.92 Å². The van der Waals surface area contributed by atoms with E-state index in [1.54, 1.807) is 0 Å². The maximum Gasteiger partial charge on any atom is 0.315 e. The van der Waals surface area contributed by atoms with E-state index in [0.29, 0.717) is 24.4 Å². The number of benzene rings is 1. The number of carbonyl (C=O) groups excluding carboxylic acids is 1. The van der Waals surface area contributed by atoms with Gasteiger partial charge in [0.15, 0.2) is 0 Å². The molecule has 2 rings (SSSR count). The van der Waals surface area contributed by atoms with Gasteiger partial charge in [-0.1, -0.05) is 30.2 Å². The zero-order valence-corrected chi connectivity index (χ0v) is 12.4. The number of carbonyl (C=O) groups is 2. The second kappa shape index (κ2) is 7.31. The fourth-order valence-corrected chi connectivity index (χ4v) is 2.75. The molecule has 2 amide bonds. The normalized spacial score (nSPS) is 21.0. The fraction of sp³-hybridized carbons (Fsp3) is 0.467.